The van der Waals surface area contributed by atoms with E-state index in [4.69, 9.17) is 4.74 Å². The lowest BCUT2D eigenvalue weighted by atomic mass is 9.74. The van der Waals surface area contributed by atoms with Gasteiger partial charge in [-0.1, -0.05) is 18.2 Å². The van der Waals surface area contributed by atoms with Crippen LogP contribution in [0, 0.1) is 5.41 Å². The number of benzene rings is 1. The average Bonchev–Trinajstić information content (AvgIpc) is 3.25. The molecule has 0 bridgehead atoms. The van der Waals surface area contributed by atoms with Gasteiger partial charge in [0.2, 0.25) is 0 Å². The maximum atomic E-state index is 13.2. The van der Waals surface area contributed by atoms with Crippen molar-refractivity contribution in [2.45, 2.75) is 62.5 Å². The van der Waals surface area contributed by atoms with Crippen LogP contribution in [0.2, 0.25) is 0 Å². The second kappa shape index (κ2) is 7.69. The van der Waals surface area contributed by atoms with Crippen molar-refractivity contribution in [2.75, 3.05) is 26.2 Å². The first-order valence-corrected chi connectivity index (χ1v) is 13.0. The van der Waals surface area contributed by atoms with E-state index in [1.807, 2.05) is 26.0 Å². The van der Waals surface area contributed by atoms with Gasteiger partial charge in [0.25, 0.3) is 0 Å². The van der Waals surface area contributed by atoms with Gasteiger partial charge in [-0.3, -0.25) is 9.69 Å². The first-order chi connectivity index (χ1) is 14.4. The third-order valence-electron chi connectivity index (χ3n) is 6.98. The van der Waals surface area contributed by atoms with Crippen molar-refractivity contribution in [1.29, 1.82) is 0 Å². The van der Waals surface area contributed by atoms with Crippen molar-refractivity contribution in [1.82, 2.24) is 9.21 Å². The fourth-order valence-corrected chi connectivity index (χ4v) is 8.22. The lowest BCUT2D eigenvalue weighted by Gasteiger charge is -2.44. The molecule has 4 heterocycles. The molecule has 1 spiro atoms. The highest BCUT2D eigenvalue weighted by Crippen LogP contribution is 2.46. The Morgan fingerprint density at radius 2 is 1.93 bits per heavy atom. The van der Waals surface area contributed by atoms with E-state index < -0.39 is 11.0 Å². The normalized spacial score (nSPS) is 29.5. The van der Waals surface area contributed by atoms with Crippen LogP contribution in [0.3, 0.4) is 0 Å². The Labute approximate surface area is 185 Å². The van der Waals surface area contributed by atoms with Gasteiger partial charge in [0.05, 0.1) is 10.3 Å². The van der Waals surface area contributed by atoms with Crippen LogP contribution in [-0.4, -0.2) is 57.2 Å². The van der Waals surface area contributed by atoms with Crippen LogP contribution in [0.1, 0.15) is 46.0 Å². The van der Waals surface area contributed by atoms with Gasteiger partial charge >= 0.3 is 5.97 Å². The van der Waals surface area contributed by atoms with E-state index >= 15 is 0 Å². The molecule has 1 aromatic heterocycles. The Bertz CT molecular complexity index is 980. The van der Waals surface area contributed by atoms with Crippen molar-refractivity contribution in [3.05, 3.63) is 29.6 Å². The molecular formula is C23H30N2O3S2. The van der Waals surface area contributed by atoms with Crippen LogP contribution in [0.4, 0.5) is 0 Å². The topological polar surface area (TPSA) is 49.9 Å². The van der Waals surface area contributed by atoms with Gasteiger partial charge in [0, 0.05) is 47.6 Å². The van der Waals surface area contributed by atoms with Crippen LogP contribution in [0.15, 0.2) is 34.5 Å². The molecule has 3 aliphatic rings. The molecule has 162 valence electrons. The van der Waals surface area contributed by atoms with E-state index in [2.05, 4.69) is 26.7 Å². The van der Waals surface area contributed by atoms with Gasteiger partial charge in [-0.2, -0.15) is 0 Å². The molecule has 30 heavy (non-hydrogen) atoms. The molecule has 3 fully saturated rings. The number of fused-ring (bicyclic) bond motifs is 1. The zero-order valence-corrected chi connectivity index (χ0v) is 19.4. The van der Waals surface area contributed by atoms with E-state index in [0.29, 0.717) is 6.04 Å². The Balaban J connectivity index is 1.24. The van der Waals surface area contributed by atoms with Gasteiger partial charge in [0.15, 0.2) is 0 Å². The van der Waals surface area contributed by atoms with Crippen molar-refractivity contribution in [3.63, 3.8) is 0 Å². The van der Waals surface area contributed by atoms with E-state index in [-0.39, 0.29) is 17.0 Å². The monoisotopic (exact) mass is 446 g/mol. The number of thiophene rings is 1. The molecule has 0 aliphatic carbocycles. The zero-order valence-electron chi connectivity index (χ0n) is 17.8. The third kappa shape index (κ3) is 3.64. The highest BCUT2D eigenvalue weighted by atomic mass is 32.2. The summed E-state index contributed by atoms with van der Waals surface area (Å²) >= 11 is 1.67. The van der Waals surface area contributed by atoms with Crippen LogP contribution in [-0.2, 0) is 20.5 Å². The second-order valence-corrected chi connectivity index (χ2v) is 12.1. The molecule has 2 unspecified atom stereocenters. The Hall–Kier alpha value is -1.28. The molecule has 3 saturated heterocycles. The summed E-state index contributed by atoms with van der Waals surface area (Å²) in [6, 6.07) is 8.68. The number of esters is 1. The maximum Gasteiger partial charge on any atom is 0.314 e. The average molecular weight is 447 g/mol. The van der Waals surface area contributed by atoms with Crippen molar-refractivity contribution >= 4 is 38.4 Å². The maximum absolute atomic E-state index is 13.2. The molecule has 7 heteroatoms. The molecule has 0 saturated carbocycles. The van der Waals surface area contributed by atoms with Crippen LogP contribution >= 0.6 is 11.3 Å². The number of ether oxygens (including phenoxy) is 1. The summed E-state index contributed by atoms with van der Waals surface area (Å²) in [5.41, 5.74) is -0.666. The third-order valence-corrected chi connectivity index (χ3v) is 9.64. The minimum Gasteiger partial charge on any atom is -0.459 e. The lowest BCUT2D eigenvalue weighted by Crippen LogP contribution is -2.53. The lowest BCUT2D eigenvalue weighted by molar-refractivity contribution is -0.154. The van der Waals surface area contributed by atoms with Crippen LogP contribution in [0.5, 0.6) is 0 Å². The molecule has 2 aromatic rings. The highest BCUT2D eigenvalue weighted by molar-refractivity contribution is 7.83. The van der Waals surface area contributed by atoms with E-state index in [9.17, 15) is 9.00 Å². The summed E-state index contributed by atoms with van der Waals surface area (Å²) in [5, 5.41) is 3.16. The molecule has 0 radical (unpaired) electrons. The number of carbonyl (C=O) groups is 1. The number of carbonyl (C=O) groups excluding carboxylic acids is 1. The minimum absolute atomic E-state index is 0.0000700. The van der Waals surface area contributed by atoms with Gasteiger partial charge in [-0.15, -0.1) is 11.3 Å². The number of piperidine rings is 2. The van der Waals surface area contributed by atoms with Crippen LogP contribution in [0.25, 0.3) is 10.1 Å². The summed E-state index contributed by atoms with van der Waals surface area (Å²) in [6.45, 7) is 7.60. The summed E-state index contributed by atoms with van der Waals surface area (Å²) in [5.74, 6) is 0.0000700. The summed E-state index contributed by atoms with van der Waals surface area (Å²) in [7, 11) is -1.11. The molecule has 5 rings (SSSR count). The van der Waals surface area contributed by atoms with E-state index in [1.54, 1.807) is 11.3 Å². The van der Waals surface area contributed by atoms with Crippen molar-refractivity contribution in [2.24, 2.45) is 5.41 Å². The van der Waals surface area contributed by atoms with E-state index in [0.717, 1.165) is 68.6 Å². The second-order valence-electron chi connectivity index (χ2n) is 9.69. The van der Waals surface area contributed by atoms with Gasteiger partial charge in [-0.25, -0.2) is 8.51 Å². The zero-order chi connectivity index (χ0) is 20.9. The van der Waals surface area contributed by atoms with Crippen molar-refractivity contribution < 1.29 is 13.7 Å². The Kier molecular flexibility index (Phi) is 5.29. The molecule has 1 aromatic carbocycles. The highest BCUT2D eigenvalue weighted by Gasteiger charge is 2.54. The quantitative estimate of drug-likeness (QED) is 0.663. The Morgan fingerprint density at radius 3 is 2.67 bits per heavy atom. The molecular weight excluding hydrogens is 416 g/mol. The summed E-state index contributed by atoms with van der Waals surface area (Å²) in [6.07, 6.45) is 4.83. The number of likely N-dealkylation sites (tertiary alicyclic amines) is 1. The van der Waals surface area contributed by atoms with Gasteiger partial charge in [-0.05, 0) is 52.1 Å². The molecule has 2 atom stereocenters. The predicted molar refractivity (Wildman–Crippen MR) is 121 cm³/mol. The number of cyclic esters (lactones) is 1. The largest absolute Gasteiger partial charge is 0.459 e. The molecule has 0 N–H and O–H groups in total. The summed E-state index contributed by atoms with van der Waals surface area (Å²) < 4.78 is 22.3. The fourth-order valence-electron chi connectivity index (χ4n) is 5.67. The number of hydrogen-bond donors (Lipinski definition) is 0. The molecule has 0 amide bonds. The number of rotatable bonds is 3. The van der Waals surface area contributed by atoms with Crippen molar-refractivity contribution in [3.8, 4) is 0 Å². The first kappa shape index (κ1) is 20.6. The smallest absolute Gasteiger partial charge is 0.314 e. The molecule has 3 aliphatic heterocycles. The summed E-state index contributed by atoms with van der Waals surface area (Å²) in [4.78, 5) is 16.1. The fraction of sp³-hybridized carbons (Fsp3) is 0.609. The van der Waals surface area contributed by atoms with Gasteiger partial charge in [0.1, 0.15) is 16.6 Å². The number of nitrogens with zero attached hydrogens (tertiary/aromatic N) is 2. The van der Waals surface area contributed by atoms with Gasteiger partial charge < -0.3 is 4.74 Å². The molecule has 5 nitrogen and oxygen atoms in total. The van der Waals surface area contributed by atoms with Crippen LogP contribution < -0.4 is 0 Å². The van der Waals surface area contributed by atoms with E-state index in [1.165, 1.54) is 4.70 Å². The standard InChI is InChI=1S/C23H30N2O3S2/c1-22(2)15-23(21(26)28-22)10-5-11-24(16-23)17-8-12-25(13-9-17)30(27)20-14-29-19-7-4-3-6-18(19)20/h3-4,6-7,14,17H,5,8-13,15-16H2,1-2H3. The predicted octanol–water partition coefficient (Wildman–Crippen LogP) is 4.20. The number of hydrogen-bond acceptors (Lipinski definition) is 5. The first-order valence-electron chi connectivity index (χ1n) is 11.0. The minimum atomic E-state index is -1.11. The Morgan fingerprint density at radius 1 is 1.17 bits per heavy atom. The SMILES string of the molecule is CC1(C)CC2(CCCN(C3CCN(S(=O)c4csc5ccccc45)CC3)C2)C(=O)O1.